The van der Waals surface area contributed by atoms with Crippen LogP contribution in [-0.4, -0.2) is 14.8 Å². The minimum atomic E-state index is 0.388. The van der Waals surface area contributed by atoms with E-state index < -0.39 is 0 Å². The fourth-order valence-corrected chi connectivity index (χ4v) is 1.83. The van der Waals surface area contributed by atoms with Crippen molar-refractivity contribution in [2.45, 2.75) is 6.61 Å². The third kappa shape index (κ3) is 2.63. The molecule has 94 valence electrons. The Bertz CT molecular complexity index is 635. The maximum absolute atomic E-state index is 5.69. The van der Waals surface area contributed by atoms with Gasteiger partial charge >= 0.3 is 0 Å². The second-order valence-corrected chi connectivity index (χ2v) is 4.05. The summed E-state index contributed by atoms with van der Waals surface area (Å²) in [7, 11) is 0. The molecule has 4 nitrogen and oxygen atoms in total. The molecule has 2 aromatic carbocycles. The number of ether oxygens (including phenoxy) is 1. The van der Waals surface area contributed by atoms with Gasteiger partial charge in [0, 0.05) is 5.69 Å². The average molecular weight is 251 g/mol. The van der Waals surface area contributed by atoms with Crippen LogP contribution in [0.4, 0.5) is 0 Å². The summed E-state index contributed by atoms with van der Waals surface area (Å²) >= 11 is 0. The number of rotatable bonds is 4. The lowest BCUT2D eigenvalue weighted by Crippen LogP contribution is -2.04. The maximum atomic E-state index is 5.69. The molecule has 1 aromatic heterocycles. The van der Waals surface area contributed by atoms with Crippen molar-refractivity contribution in [3.8, 4) is 11.4 Å². The van der Waals surface area contributed by atoms with E-state index in [2.05, 4.69) is 10.2 Å². The van der Waals surface area contributed by atoms with Gasteiger partial charge in [0.15, 0.2) is 5.82 Å². The molecule has 3 aromatic rings. The molecule has 1 heterocycles. The minimum absolute atomic E-state index is 0.388. The van der Waals surface area contributed by atoms with E-state index in [9.17, 15) is 0 Å². The normalized spacial score (nSPS) is 10.3. The number of hydrogen-bond acceptors (Lipinski definition) is 3. The van der Waals surface area contributed by atoms with Gasteiger partial charge in [0.1, 0.15) is 18.7 Å². The van der Waals surface area contributed by atoms with E-state index >= 15 is 0 Å². The zero-order chi connectivity index (χ0) is 12.9. The summed E-state index contributed by atoms with van der Waals surface area (Å²) in [5.74, 6) is 1.60. The summed E-state index contributed by atoms with van der Waals surface area (Å²) in [5.41, 5.74) is 1.03. The summed E-state index contributed by atoms with van der Waals surface area (Å²) < 4.78 is 7.61. The van der Waals surface area contributed by atoms with Crippen molar-refractivity contribution in [3.05, 3.63) is 72.8 Å². The molecule has 0 bridgehead atoms. The third-order valence-electron chi connectivity index (χ3n) is 2.76. The molecule has 0 unspecified atom stereocenters. The van der Waals surface area contributed by atoms with E-state index in [1.807, 2.05) is 65.2 Å². The first-order valence-corrected chi connectivity index (χ1v) is 6.05. The highest BCUT2D eigenvalue weighted by atomic mass is 16.5. The van der Waals surface area contributed by atoms with Gasteiger partial charge in [0.2, 0.25) is 0 Å². The molecule has 0 atom stereocenters. The second kappa shape index (κ2) is 5.35. The standard InChI is InChI=1S/C15H13N3O/c1-3-7-13(8-4-1)18-12-16-17-15(18)11-19-14-9-5-2-6-10-14/h1-10,12H,11H2. The molecule has 0 fully saturated rings. The highest BCUT2D eigenvalue weighted by Gasteiger charge is 2.06. The minimum Gasteiger partial charge on any atom is -0.486 e. The predicted octanol–water partition coefficient (Wildman–Crippen LogP) is 2.85. The van der Waals surface area contributed by atoms with E-state index in [1.54, 1.807) is 6.33 Å². The monoisotopic (exact) mass is 251 g/mol. The van der Waals surface area contributed by atoms with Crippen LogP contribution in [0.3, 0.4) is 0 Å². The molecule has 0 N–H and O–H groups in total. The highest BCUT2D eigenvalue weighted by Crippen LogP contribution is 2.13. The van der Waals surface area contributed by atoms with Crippen LogP contribution in [0.5, 0.6) is 5.75 Å². The fourth-order valence-electron chi connectivity index (χ4n) is 1.83. The summed E-state index contributed by atoms with van der Waals surface area (Å²) in [5, 5.41) is 8.04. The molecule has 0 spiro atoms. The number of aromatic nitrogens is 3. The van der Waals surface area contributed by atoms with Crippen molar-refractivity contribution in [1.82, 2.24) is 14.8 Å². The Morgan fingerprint density at radius 1 is 0.895 bits per heavy atom. The van der Waals surface area contributed by atoms with Gasteiger partial charge < -0.3 is 4.74 Å². The third-order valence-corrected chi connectivity index (χ3v) is 2.76. The Morgan fingerprint density at radius 2 is 1.58 bits per heavy atom. The first-order chi connectivity index (χ1) is 9.43. The fraction of sp³-hybridized carbons (Fsp3) is 0.0667. The van der Waals surface area contributed by atoms with Crippen molar-refractivity contribution in [2.24, 2.45) is 0 Å². The first kappa shape index (κ1) is 11.5. The number of benzene rings is 2. The molecular weight excluding hydrogens is 238 g/mol. The predicted molar refractivity (Wildman–Crippen MR) is 72.1 cm³/mol. The van der Waals surface area contributed by atoms with Gasteiger partial charge in [-0.05, 0) is 24.3 Å². The molecule has 0 aliphatic rings. The van der Waals surface area contributed by atoms with Gasteiger partial charge in [0.25, 0.3) is 0 Å². The Labute approximate surface area is 111 Å². The largest absolute Gasteiger partial charge is 0.486 e. The molecule has 0 aliphatic carbocycles. The topological polar surface area (TPSA) is 39.9 Å². The summed E-state index contributed by atoms with van der Waals surface area (Å²) in [6, 6.07) is 19.6. The maximum Gasteiger partial charge on any atom is 0.175 e. The zero-order valence-electron chi connectivity index (χ0n) is 10.3. The lowest BCUT2D eigenvalue weighted by atomic mass is 10.3. The van der Waals surface area contributed by atoms with E-state index in [0.29, 0.717) is 6.61 Å². The summed E-state index contributed by atoms with van der Waals surface area (Å²) in [6.45, 7) is 0.388. The Balaban J connectivity index is 1.78. The number of para-hydroxylation sites is 2. The summed E-state index contributed by atoms with van der Waals surface area (Å²) in [4.78, 5) is 0. The smallest absolute Gasteiger partial charge is 0.175 e. The molecule has 0 aliphatic heterocycles. The zero-order valence-corrected chi connectivity index (χ0v) is 10.3. The molecule has 0 saturated heterocycles. The van der Waals surface area contributed by atoms with Gasteiger partial charge in [-0.3, -0.25) is 4.57 Å². The molecular formula is C15H13N3O. The SMILES string of the molecule is c1ccc(OCc2nncn2-c2ccccc2)cc1. The summed E-state index contributed by atoms with van der Waals surface area (Å²) in [6.07, 6.45) is 1.69. The van der Waals surface area contributed by atoms with Crippen LogP contribution in [0.25, 0.3) is 5.69 Å². The Kier molecular flexibility index (Phi) is 3.23. The van der Waals surface area contributed by atoms with E-state index in [0.717, 1.165) is 17.3 Å². The van der Waals surface area contributed by atoms with Crippen LogP contribution < -0.4 is 4.74 Å². The molecule has 0 amide bonds. The van der Waals surface area contributed by atoms with Crippen LogP contribution in [0, 0.1) is 0 Å². The lowest BCUT2D eigenvalue weighted by Gasteiger charge is -2.08. The van der Waals surface area contributed by atoms with Crippen molar-refractivity contribution in [1.29, 1.82) is 0 Å². The van der Waals surface area contributed by atoms with Crippen LogP contribution in [0.2, 0.25) is 0 Å². The number of nitrogens with zero attached hydrogens (tertiary/aromatic N) is 3. The quantitative estimate of drug-likeness (QED) is 0.715. The van der Waals surface area contributed by atoms with Gasteiger partial charge in [-0.25, -0.2) is 0 Å². The molecule has 4 heteroatoms. The van der Waals surface area contributed by atoms with Crippen LogP contribution >= 0.6 is 0 Å². The number of hydrogen-bond donors (Lipinski definition) is 0. The molecule has 19 heavy (non-hydrogen) atoms. The van der Waals surface area contributed by atoms with Crippen molar-refractivity contribution < 1.29 is 4.74 Å². The first-order valence-electron chi connectivity index (χ1n) is 6.05. The van der Waals surface area contributed by atoms with E-state index in [4.69, 9.17) is 4.74 Å². The molecule has 3 rings (SSSR count). The van der Waals surface area contributed by atoms with Gasteiger partial charge in [-0.1, -0.05) is 36.4 Å². The molecule has 0 saturated carbocycles. The van der Waals surface area contributed by atoms with Gasteiger partial charge in [0.05, 0.1) is 0 Å². The van der Waals surface area contributed by atoms with Crippen molar-refractivity contribution in [3.63, 3.8) is 0 Å². The highest BCUT2D eigenvalue weighted by molar-refractivity contribution is 5.32. The second-order valence-electron chi connectivity index (χ2n) is 4.05. The lowest BCUT2D eigenvalue weighted by molar-refractivity contribution is 0.293. The van der Waals surface area contributed by atoms with Crippen LogP contribution in [0.1, 0.15) is 5.82 Å². The van der Waals surface area contributed by atoms with E-state index in [-0.39, 0.29) is 0 Å². The van der Waals surface area contributed by atoms with Crippen LogP contribution in [-0.2, 0) is 6.61 Å². The average Bonchev–Trinajstić information content (AvgIpc) is 2.95. The van der Waals surface area contributed by atoms with E-state index in [1.165, 1.54) is 0 Å². The van der Waals surface area contributed by atoms with Crippen LogP contribution in [0.15, 0.2) is 67.0 Å². The van der Waals surface area contributed by atoms with Crippen molar-refractivity contribution >= 4 is 0 Å². The van der Waals surface area contributed by atoms with Gasteiger partial charge in [-0.15, -0.1) is 10.2 Å². The molecule has 0 radical (unpaired) electrons. The Hall–Kier alpha value is -2.62. The van der Waals surface area contributed by atoms with Crippen molar-refractivity contribution in [2.75, 3.05) is 0 Å². The Morgan fingerprint density at radius 3 is 2.32 bits per heavy atom. The van der Waals surface area contributed by atoms with Gasteiger partial charge in [-0.2, -0.15) is 0 Å².